The number of nitrogens with zero attached hydrogens (tertiary/aromatic N) is 2. The number of fused-ring (bicyclic) bond motifs is 1. The molecule has 0 bridgehead atoms. The molecule has 1 heterocycles. The Morgan fingerprint density at radius 3 is 2.86 bits per heavy atom. The van der Waals surface area contributed by atoms with Gasteiger partial charge in [-0.25, -0.2) is 0 Å². The van der Waals surface area contributed by atoms with E-state index in [2.05, 4.69) is 15.5 Å². The maximum Gasteiger partial charge on any atom is 0.271 e. The molecule has 110 valence electrons. The number of benzene rings is 2. The molecule has 0 fully saturated rings. The summed E-state index contributed by atoms with van der Waals surface area (Å²) in [4.78, 5) is 13.3. The third-order valence-electron chi connectivity index (χ3n) is 3.14. The number of halogens is 1. The lowest BCUT2D eigenvalue weighted by Crippen LogP contribution is -1.93. The number of H-pyrrole nitrogens is 1. The first-order valence-corrected chi connectivity index (χ1v) is 6.82. The summed E-state index contributed by atoms with van der Waals surface area (Å²) in [5.74, 6) is 0. The number of nitro benzene ring substituents is 1. The Labute approximate surface area is 130 Å². The summed E-state index contributed by atoms with van der Waals surface area (Å²) in [5.41, 5.74) is 4.98. The number of hydrogen-bond donors (Lipinski definition) is 2. The SMILES string of the molecule is O=[N+]([O-])c1cccc(N/N=C/c2c(Cl)[nH]c3ccccc23)c1. The molecule has 1 aromatic heterocycles. The lowest BCUT2D eigenvalue weighted by atomic mass is 10.2. The summed E-state index contributed by atoms with van der Waals surface area (Å²) in [6.45, 7) is 0. The third kappa shape index (κ3) is 2.77. The Bertz CT molecular complexity index is 873. The van der Waals surface area contributed by atoms with E-state index in [1.54, 1.807) is 18.3 Å². The zero-order valence-corrected chi connectivity index (χ0v) is 12.0. The summed E-state index contributed by atoms with van der Waals surface area (Å²) in [6, 6.07) is 13.8. The van der Waals surface area contributed by atoms with Crippen LogP contribution in [0.4, 0.5) is 11.4 Å². The second-order valence-corrected chi connectivity index (χ2v) is 4.95. The van der Waals surface area contributed by atoms with Gasteiger partial charge in [-0.05, 0) is 12.1 Å². The fraction of sp³-hybridized carbons (Fsp3) is 0. The van der Waals surface area contributed by atoms with Crippen LogP contribution in [0, 0.1) is 10.1 Å². The second-order valence-electron chi connectivity index (χ2n) is 4.58. The number of nitro groups is 1. The van der Waals surface area contributed by atoms with Crippen molar-refractivity contribution in [3.63, 3.8) is 0 Å². The number of hydrogen-bond acceptors (Lipinski definition) is 4. The number of hydrazone groups is 1. The third-order valence-corrected chi connectivity index (χ3v) is 3.44. The zero-order chi connectivity index (χ0) is 15.5. The first-order chi connectivity index (χ1) is 10.6. The molecule has 0 saturated heterocycles. The van der Waals surface area contributed by atoms with Crippen molar-refractivity contribution in [2.24, 2.45) is 5.10 Å². The van der Waals surface area contributed by atoms with Crippen LogP contribution in [-0.2, 0) is 0 Å². The Morgan fingerprint density at radius 2 is 2.05 bits per heavy atom. The van der Waals surface area contributed by atoms with Crippen LogP contribution in [-0.4, -0.2) is 16.1 Å². The summed E-state index contributed by atoms with van der Waals surface area (Å²) in [5, 5.41) is 16.3. The Balaban J connectivity index is 1.83. The number of non-ortho nitro benzene ring substituents is 1. The van der Waals surface area contributed by atoms with Gasteiger partial charge in [0.15, 0.2) is 0 Å². The molecule has 3 rings (SSSR count). The first-order valence-electron chi connectivity index (χ1n) is 6.45. The minimum atomic E-state index is -0.453. The van der Waals surface area contributed by atoms with E-state index in [0.29, 0.717) is 10.8 Å². The highest BCUT2D eigenvalue weighted by Gasteiger charge is 2.07. The molecule has 0 unspecified atom stereocenters. The molecule has 0 atom stereocenters. The van der Waals surface area contributed by atoms with E-state index in [4.69, 9.17) is 11.6 Å². The highest BCUT2D eigenvalue weighted by atomic mass is 35.5. The van der Waals surface area contributed by atoms with Crippen molar-refractivity contribution in [3.05, 3.63) is 69.4 Å². The summed E-state index contributed by atoms with van der Waals surface area (Å²) in [6.07, 6.45) is 1.58. The molecule has 2 N–H and O–H groups in total. The molecule has 2 aromatic carbocycles. The van der Waals surface area contributed by atoms with Crippen molar-refractivity contribution < 1.29 is 4.92 Å². The summed E-state index contributed by atoms with van der Waals surface area (Å²) < 4.78 is 0. The normalized spacial score (nSPS) is 11.1. The fourth-order valence-corrected chi connectivity index (χ4v) is 2.37. The fourth-order valence-electron chi connectivity index (χ4n) is 2.12. The van der Waals surface area contributed by atoms with Crippen LogP contribution in [0.25, 0.3) is 10.9 Å². The molecular weight excluding hydrogens is 304 g/mol. The molecule has 22 heavy (non-hydrogen) atoms. The second kappa shape index (κ2) is 5.87. The summed E-state index contributed by atoms with van der Waals surface area (Å²) in [7, 11) is 0. The van der Waals surface area contributed by atoms with Gasteiger partial charge in [0.05, 0.1) is 16.8 Å². The van der Waals surface area contributed by atoms with Crippen molar-refractivity contribution in [2.45, 2.75) is 0 Å². The van der Waals surface area contributed by atoms with Crippen LogP contribution < -0.4 is 5.43 Å². The van der Waals surface area contributed by atoms with Crippen LogP contribution >= 0.6 is 11.6 Å². The van der Waals surface area contributed by atoms with Crippen molar-refractivity contribution in [3.8, 4) is 0 Å². The molecule has 0 aliphatic heterocycles. The standard InChI is InChI=1S/C15H11ClN4O2/c16-15-13(12-6-1-2-7-14(12)18-15)9-17-19-10-4-3-5-11(8-10)20(21)22/h1-9,18-19H/b17-9+. The van der Waals surface area contributed by atoms with Gasteiger partial charge in [0.2, 0.25) is 0 Å². The van der Waals surface area contributed by atoms with E-state index in [1.165, 1.54) is 12.1 Å². The Morgan fingerprint density at radius 1 is 1.23 bits per heavy atom. The predicted octanol–water partition coefficient (Wildman–Crippen LogP) is 4.18. The monoisotopic (exact) mass is 314 g/mol. The Hall–Kier alpha value is -2.86. The highest BCUT2D eigenvalue weighted by molar-refractivity contribution is 6.34. The molecule has 3 aromatic rings. The highest BCUT2D eigenvalue weighted by Crippen LogP contribution is 2.24. The van der Waals surface area contributed by atoms with Gasteiger partial charge in [0.25, 0.3) is 5.69 Å². The van der Waals surface area contributed by atoms with Gasteiger partial charge < -0.3 is 4.98 Å². The average Bonchev–Trinajstić information content (AvgIpc) is 2.84. The predicted molar refractivity (Wildman–Crippen MR) is 87.6 cm³/mol. The molecule has 0 radical (unpaired) electrons. The quantitative estimate of drug-likeness (QED) is 0.430. The number of para-hydroxylation sites is 1. The minimum absolute atomic E-state index is 0.00493. The van der Waals surface area contributed by atoms with Crippen molar-refractivity contribution in [2.75, 3.05) is 5.43 Å². The van der Waals surface area contributed by atoms with E-state index in [9.17, 15) is 10.1 Å². The average molecular weight is 315 g/mol. The molecule has 0 spiro atoms. The minimum Gasteiger partial charge on any atom is -0.345 e. The van der Waals surface area contributed by atoms with Crippen LogP contribution in [0.3, 0.4) is 0 Å². The van der Waals surface area contributed by atoms with E-state index in [0.717, 1.165) is 16.5 Å². The molecular formula is C15H11ClN4O2. The largest absolute Gasteiger partial charge is 0.345 e. The van der Waals surface area contributed by atoms with Gasteiger partial charge in [0, 0.05) is 28.6 Å². The topological polar surface area (TPSA) is 83.3 Å². The zero-order valence-electron chi connectivity index (χ0n) is 11.3. The van der Waals surface area contributed by atoms with E-state index in [-0.39, 0.29) is 5.69 Å². The van der Waals surface area contributed by atoms with Gasteiger partial charge >= 0.3 is 0 Å². The molecule has 0 amide bonds. The van der Waals surface area contributed by atoms with Crippen LogP contribution in [0.1, 0.15) is 5.56 Å². The number of aromatic amines is 1. The van der Waals surface area contributed by atoms with E-state index < -0.39 is 4.92 Å². The number of rotatable bonds is 4. The number of anilines is 1. The number of nitrogens with one attached hydrogen (secondary N) is 2. The van der Waals surface area contributed by atoms with Gasteiger partial charge in [-0.3, -0.25) is 15.5 Å². The maximum absolute atomic E-state index is 10.7. The molecule has 0 aliphatic rings. The lowest BCUT2D eigenvalue weighted by Gasteiger charge is -1.99. The smallest absolute Gasteiger partial charge is 0.271 e. The van der Waals surface area contributed by atoms with Crippen molar-refractivity contribution >= 4 is 40.1 Å². The Kier molecular flexibility index (Phi) is 3.76. The lowest BCUT2D eigenvalue weighted by molar-refractivity contribution is -0.384. The first kappa shape index (κ1) is 14.1. The molecule has 6 nitrogen and oxygen atoms in total. The van der Waals surface area contributed by atoms with Gasteiger partial charge in [-0.15, -0.1) is 0 Å². The van der Waals surface area contributed by atoms with Crippen LogP contribution in [0.15, 0.2) is 53.6 Å². The van der Waals surface area contributed by atoms with Gasteiger partial charge in [-0.1, -0.05) is 35.9 Å². The van der Waals surface area contributed by atoms with E-state index >= 15 is 0 Å². The van der Waals surface area contributed by atoms with Gasteiger partial charge in [0.1, 0.15) is 5.15 Å². The summed E-state index contributed by atoms with van der Waals surface area (Å²) >= 11 is 6.15. The van der Waals surface area contributed by atoms with Crippen LogP contribution in [0.5, 0.6) is 0 Å². The molecule has 7 heteroatoms. The van der Waals surface area contributed by atoms with Crippen molar-refractivity contribution in [1.29, 1.82) is 0 Å². The van der Waals surface area contributed by atoms with E-state index in [1.807, 2.05) is 24.3 Å². The maximum atomic E-state index is 10.7. The molecule has 0 saturated carbocycles. The van der Waals surface area contributed by atoms with Crippen LogP contribution in [0.2, 0.25) is 5.15 Å². The van der Waals surface area contributed by atoms with Gasteiger partial charge in [-0.2, -0.15) is 5.10 Å². The number of aromatic nitrogens is 1. The molecule has 0 aliphatic carbocycles. The van der Waals surface area contributed by atoms with Crippen molar-refractivity contribution in [1.82, 2.24) is 4.98 Å².